The first-order valence-electron chi connectivity index (χ1n) is 5.12. The Morgan fingerprint density at radius 1 is 1.44 bits per heavy atom. The van der Waals surface area contributed by atoms with Crippen molar-refractivity contribution < 1.29 is 19.1 Å². The molecule has 2 rings (SSSR count). The summed E-state index contributed by atoms with van der Waals surface area (Å²) < 4.78 is 4.88. The van der Waals surface area contributed by atoms with Crippen LogP contribution in [-0.2, 0) is 0 Å². The normalized spacial score (nSPS) is 10.1. The van der Waals surface area contributed by atoms with Crippen LogP contribution in [-0.4, -0.2) is 22.0 Å². The first-order valence-corrected chi connectivity index (χ1v) is 5.12. The lowest BCUT2D eigenvalue weighted by Gasteiger charge is -2.04. The highest BCUT2D eigenvalue weighted by atomic mass is 16.4. The van der Waals surface area contributed by atoms with Crippen molar-refractivity contribution in [1.29, 1.82) is 0 Å². The summed E-state index contributed by atoms with van der Waals surface area (Å²) in [6.45, 7) is 1.80. The van der Waals surface area contributed by atoms with Gasteiger partial charge in [0.25, 0.3) is 5.91 Å². The topological polar surface area (TPSA) is 92.4 Å². The van der Waals surface area contributed by atoms with Crippen molar-refractivity contribution in [2.75, 3.05) is 5.32 Å². The van der Waals surface area contributed by atoms with E-state index < -0.39 is 11.9 Å². The van der Waals surface area contributed by atoms with Crippen molar-refractivity contribution in [3.63, 3.8) is 0 Å². The molecule has 0 aliphatic rings. The predicted octanol–water partition coefficient (Wildman–Crippen LogP) is 1.93. The zero-order chi connectivity index (χ0) is 13.1. The molecule has 2 aromatic heterocycles. The van der Waals surface area contributed by atoms with Crippen LogP contribution in [0, 0.1) is 6.92 Å². The van der Waals surface area contributed by atoms with Crippen LogP contribution >= 0.6 is 0 Å². The van der Waals surface area contributed by atoms with E-state index in [2.05, 4.69) is 10.3 Å². The zero-order valence-corrected chi connectivity index (χ0v) is 9.51. The fourth-order valence-electron chi connectivity index (χ4n) is 1.35. The van der Waals surface area contributed by atoms with E-state index in [1.165, 1.54) is 0 Å². The number of hydrogen-bond acceptors (Lipinski definition) is 4. The van der Waals surface area contributed by atoms with Crippen molar-refractivity contribution in [2.24, 2.45) is 0 Å². The Balaban J connectivity index is 2.17. The highest BCUT2D eigenvalue weighted by molar-refractivity contribution is 6.03. The maximum atomic E-state index is 11.8. The van der Waals surface area contributed by atoms with Crippen LogP contribution < -0.4 is 5.32 Å². The van der Waals surface area contributed by atoms with Crippen LogP contribution in [0.5, 0.6) is 0 Å². The summed E-state index contributed by atoms with van der Waals surface area (Å²) in [6.07, 6.45) is 2.57. The Labute approximate surface area is 102 Å². The van der Waals surface area contributed by atoms with Gasteiger partial charge in [-0.25, -0.2) is 9.78 Å². The van der Waals surface area contributed by atoms with E-state index in [0.717, 1.165) is 17.9 Å². The van der Waals surface area contributed by atoms with Gasteiger partial charge in [0, 0.05) is 12.3 Å². The maximum Gasteiger partial charge on any atom is 0.338 e. The Kier molecular flexibility index (Phi) is 3.09. The predicted molar refractivity (Wildman–Crippen MR) is 62.6 cm³/mol. The number of furan rings is 1. The van der Waals surface area contributed by atoms with E-state index in [0.29, 0.717) is 5.82 Å². The number of aryl methyl sites for hydroxylation is 1. The molecule has 6 nitrogen and oxygen atoms in total. The second-order valence-corrected chi connectivity index (χ2v) is 3.63. The average Bonchev–Trinajstić information content (AvgIpc) is 2.81. The number of carbonyl (C=O) groups excluding carboxylic acids is 1. The highest BCUT2D eigenvalue weighted by Crippen LogP contribution is 2.13. The van der Waals surface area contributed by atoms with Gasteiger partial charge in [0.15, 0.2) is 5.76 Å². The lowest BCUT2D eigenvalue weighted by molar-refractivity contribution is 0.0696. The number of carboxylic acids is 1. The van der Waals surface area contributed by atoms with Gasteiger partial charge >= 0.3 is 5.97 Å². The Hall–Kier alpha value is -2.63. The molecule has 6 heteroatoms. The number of nitrogens with one attached hydrogen (secondary N) is 1. The summed E-state index contributed by atoms with van der Waals surface area (Å²) in [7, 11) is 0. The molecule has 0 radical (unpaired) electrons. The van der Waals surface area contributed by atoms with Crippen LogP contribution in [0.4, 0.5) is 5.82 Å². The molecule has 2 aromatic rings. The minimum Gasteiger partial charge on any atom is -0.478 e. The molecule has 0 saturated carbocycles. The Bertz CT molecular complexity index is 604. The summed E-state index contributed by atoms with van der Waals surface area (Å²) >= 11 is 0. The molecule has 92 valence electrons. The molecule has 0 saturated heterocycles. The Morgan fingerprint density at radius 2 is 2.22 bits per heavy atom. The third-order valence-corrected chi connectivity index (χ3v) is 2.31. The first-order chi connectivity index (χ1) is 8.58. The average molecular weight is 246 g/mol. The van der Waals surface area contributed by atoms with E-state index in [1.54, 1.807) is 25.3 Å². The number of nitrogens with zero attached hydrogens (tertiary/aromatic N) is 1. The van der Waals surface area contributed by atoms with Gasteiger partial charge in [-0.3, -0.25) is 4.79 Å². The van der Waals surface area contributed by atoms with Crippen LogP contribution in [0.25, 0.3) is 0 Å². The second-order valence-electron chi connectivity index (χ2n) is 3.63. The van der Waals surface area contributed by atoms with Gasteiger partial charge in [-0.15, -0.1) is 0 Å². The molecule has 2 N–H and O–H groups in total. The van der Waals surface area contributed by atoms with Crippen molar-refractivity contribution in [1.82, 2.24) is 4.98 Å². The highest BCUT2D eigenvalue weighted by Gasteiger charge is 2.15. The number of aromatic nitrogens is 1. The number of anilines is 1. The molecule has 0 atom stereocenters. The fourth-order valence-corrected chi connectivity index (χ4v) is 1.35. The number of carboxylic acid groups (broad SMARTS) is 1. The fraction of sp³-hybridized carbons (Fsp3) is 0.0833. The zero-order valence-electron chi connectivity index (χ0n) is 9.51. The van der Waals surface area contributed by atoms with Crippen molar-refractivity contribution in [2.45, 2.75) is 6.92 Å². The summed E-state index contributed by atoms with van der Waals surface area (Å²) in [4.78, 5) is 26.4. The standard InChI is InChI=1S/C12H10N2O4/c1-7-3-2-4-13-10(7)14-11(15)9-5-8(6-18-9)12(16)17/h2-6H,1H3,(H,16,17)(H,13,14,15). The minimum atomic E-state index is -1.15. The van der Waals surface area contributed by atoms with Crippen LogP contribution in [0.15, 0.2) is 35.1 Å². The van der Waals surface area contributed by atoms with E-state index >= 15 is 0 Å². The van der Waals surface area contributed by atoms with E-state index in [-0.39, 0.29) is 11.3 Å². The molecule has 0 aromatic carbocycles. The molecule has 0 aliphatic heterocycles. The van der Waals surface area contributed by atoms with Gasteiger partial charge in [-0.05, 0) is 18.6 Å². The molecular weight excluding hydrogens is 236 g/mol. The number of carbonyl (C=O) groups is 2. The largest absolute Gasteiger partial charge is 0.478 e. The lowest BCUT2D eigenvalue weighted by atomic mass is 10.2. The van der Waals surface area contributed by atoms with Crippen LogP contribution in [0.2, 0.25) is 0 Å². The quantitative estimate of drug-likeness (QED) is 0.863. The Morgan fingerprint density at radius 3 is 2.83 bits per heavy atom. The third kappa shape index (κ3) is 2.37. The molecule has 18 heavy (non-hydrogen) atoms. The summed E-state index contributed by atoms with van der Waals surface area (Å²) in [5, 5.41) is 11.3. The molecule has 0 aliphatic carbocycles. The third-order valence-electron chi connectivity index (χ3n) is 2.31. The lowest BCUT2D eigenvalue weighted by Crippen LogP contribution is -2.13. The van der Waals surface area contributed by atoms with Crippen molar-refractivity contribution in [3.8, 4) is 0 Å². The summed E-state index contributed by atoms with van der Waals surface area (Å²) in [5.74, 6) is -1.34. The van der Waals surface area contributed by atoms with Crippen LogP contribution in [0.3, 0.4) is 0 Å². The smallest absolute Gasteiger partial charge is 0.338 e. The molecule has 2 heterocycles. The number of hydrogen-bond donors (Lipinski definition) is 2. The van der Waals surface area contributed by atoms with E-state index in [4.69, 9.17) is 9.52 Å². The van der Waals surface area contributed by atoms with E-state index in [1.807, 2.05) is 0 Å². The van der Waals surface area contributed by atoms with Gasteiger partial charge in [0.1, 0.15) is 12.1 Å². The van der Waals surface area contributed by atoms with Crippen molar-refractivity contribution in [3.05, 3.63) is 47.5 Å². The maximum absolute atomic E-state index is 11.8. The number of pyridine rings is 1. The van der Waals surface area contributed by atoms with Crippen LogP contribution in [0.1, 0.15) is 26.5 Å². The van der Waals surface area contributed by atoms with Gasteiger partial charge in [0.05, 0.1) is 5.56 Å². The number of aromatic carboxylic acids is 1. The molecular formula is C12H10N2O4. The van der Waals surface area contributed by atoms with Gasteiger partial charge in [-0.2, -0.15) is 0 Å². The summed E-state index contributed by atoms with van der Waals surface area (Å²) in [5.41, 5.74) is 0.730. The van der Waals surface area contributed by atoms with Gasteiger partial charge < -0.3 is 14.8 Å². The number of rotatable bonds is 3. The van der Waals surface area contributed by atoms with E-state index in [9.17, 15) is 9.59 Å². The molecule has 0 unspecified atom stereocenters. The second kappa shape index (κ2) is 4.70. The van der Waals surface area contributed by atoms with Gasteiger partial charge in [-0.1, -0.05) is 6.07 Å². The first kappa shape index (κ1) is 11.8. The molecule has 1 amide bonds. The van der Waals surface area contributed by atoms with Crippen molar-refractivity contribution >= 4 is 17.7 Å². The SMILES string of the molecule is Cc1cccnc1NC(=O)c1cc(C(=O)O)co1. The molecule has 0 fully saturated rings. The molecule has 0 bridgehead atoms. The minimum absolute atomic E-state index is 0.0714. The summed E-state index contributed by atoms with van der Waals surface area (Å²) in [6, 6.07) is 4.71. The van der Waals surface area contributed by atoms with Gasteiger partial charge in [0.2, 0.25) is 0 Å². The molecule has 0 spiro atoms. The monoisotopic (exact) mass is 246 g/mol. The number of amides is 1.